The molecule has 2 N–H and O–H groups in total. The highest BCUT2D eigenvalue weighted by Gasteiger charge is 2.16. The van der Waals surface area contributed by atoms with Gasteiger partial charge in [-0.2, -0.15) is 0 Å². The number of guanidine groups is 1. The Morgan fingerprint density at radius 2 is 1.79 bits per heavy atom. The second-order valence-corrected chi connectivity index (χ2v) is 6.65. The summed E-state index contributed by atoms with van der Waals surface area (Å²) >= 11 is 0. The molecule has 0 radical (unpaired) electrons. The van der Waals surface area contributed by atoms with Crippen LogP contribution in [0.3, 0.4) is 0 Å². The van der Waals surface area contributed by atoms with Crippen molar-refractivity contribution in [3.8, 4) is 23.1 Å². The third-order valence-corrected chi connectivity index (χ3v) is 4.77. The van der Waals surface area contributed by atoms with Gasteiger partial charge < -0.3 is 24.8 Å². The van der Waals surface area contributed by atoms with Crippen molar-refractivity contribution in [1.82, 2.24) is 15.6 Å². The lowest BCUT2D eigenvalue weighted by Crippen LogP contribution is -2.41. The lowest BCUT2D eigenvalue weighted by atomic mass is 10.2. The number of aromatic nitrogens is 1. The van der Waals surface area contributed by atoms with Crippen molar-refractivity contribution in [1.29, 1.82) is 0 Å². The number of hydrogen-bond donors (Lipinski definition) is 2. The van der Waals surface area contributed by atoms with Gasteiger partial charge in [-0.15, -0.1) is 24.0 Å². The molecule has 8 heteroatoms. The van der Waals surface area contributed by atoms with E-state index in [0.29, 0.717) is 35.7 Å². The molecule has 0 bridgehead atoms. The monoisotopic (exact) mass is 512 g/mol. The maximum Gasteiger partial charge on any atom is 0.219 e. The molecule has 1 aliphatic carbocycles. The van der Waals surface area contributed by atoms with Crippen molar-refractivity contribution >= 4 is 29.9 Å². The van der Waals surface area contributed by atoms with Crippen molar-refractivity contribution in [3.05, 3.63) is 42.1 Å². The summed E-state index contributed by atoms with van der Waals surface area (Å²) in [6.45, 7) is 0.637. The summed E-state index contributed by atoms with van der Waals surface area (Å²) in [7, 11) is 4.98. The van der Waals surface area contributed by atoms with E-state index >= 15 is 0 Å². The quantitative estimate of drug-likeness (QED) is 0.330. The minimum Gasteiger partial charge on any atom is -0.493 e. The lowest BCUT2D eigenvalue weighted by molar-refractivity contribution is 0.342. The summed E-state index contributed by atoms with van der Waals surface area (Å²) in [6, 6.07) is 9.81. The van der Waals surface area contributed by atoms with Crippen LogP contribution in [0.1, 0.15) is 31.2 Å². The summed E-state index contributed by atoms with van der Waals surface area (Å²) in [5.74, 6) is 2.99. The van der Waals surface area contributed by atoms with E-state index in [-0.39, 0.29) is 24.0 Å². The van der Waals surface area contributed by atoms with Gasteiger partial charge in [0.15, 0.2) is 17.5 Å². The van der Waals surface area contributed by atoms with Crippen molar-refractivity contribution in [2.45, 2.75) is 38.3 Å². The van der Waals surface area contributed by atoms with Crippen molar-refractivity contribution < 1.29 is 14.2 Å². The number of benzene rings is 1. The fourth-order valence-electron chi connectivity index (χ4n) is 3.24. The van der Waals surface area contributed by atoms with Crippen LogP contribution in [0.15, 0.2) is 41.5 Å². The number of hydrogen-bond acceptors (Lipinski definition) is 5. The first-order valence-electron chi connectivity index (χ1n) is 9.54. The van der Waals surface area contributed by atoms with Crippen LogP contribution in [0.25, 0.3) is 0 Å². The SMILES string of the molecule is CN=C(NCc1ccc(Oc2c(OC)cccc2OC)nc1)NC1CCCC1.I. The van der Waals surface area contributed by atoms with Crippen molar-refractivity contribution in [2.75, 3.05) is 21.3 Å². The average Bonchev–Trinajstić information content (AvgIpc) is 3.25. The second kappa shape index (κ2) is 11.7. The number of ether oxygens (including phenoxy) is 3. The third kappa shape index (κ3) is 6.38. The van der Waals surface area contributed by atoms with Crippen LogP contribution in [0.5, 0.6) is 23.1 Å². The van der Waals surface area contributed by atoms with Crippen LogP contribution < -0.4 is 24.8 Å². The second-order valence-electron chi connectivity index (χ2n) is 6.65. The van der Waals surface area contributed by atoms with E-state index in [1.165, 1.54) is 25.7 Å². The molecule has 1 heterocycles. The highest BCUT2D eigenvalue weighted by atomic mass is 127. The highest BCUT2D eigenvalue weighted by molar-refractivity contribution is 14.0. The molecule has 2 aromatic rings. The maximum absolute atomic E-state index is 5.90. The Bertz CT molecular complexity index is 771. The summed E-state index contributed by atoms with van der Waals surface area (Å²) in [6.07, 6.45) is 6.78. The lowest BCUT2D eigenvalue weighted by Gasteiger charge is -2.17. The predicted molar refractivity (Wildman–Crippen MR) is 125 cm³/mol. The number of aliphatic imine (C=N–C) groups is 1. The van der Waals surface area contributed by atoms with Gasteiger partial charge in [-0.1, -0.05) is 25.0 Å². The molecule has 0 unspecified atom stereocenters. The van der Waals surface area contributed by atoms with E-state index in [2.05, 4.69) is 20.6 Å². The van der Waals surface area contributed by atoms with Gasteiger partial charge in [-0.3, -0.25) is 4.99 Å². The van der Waals surface area contributed by atoms with Gasteiger partial charge in [0.05, 0.1) is 14.2 Å². The zero-order valence-electron chi connectivity index (χ0n) is 17.1. The topological polar surface area (TPSA) is 77.0 Å². The van der Waals surface area contributed by atoms with E-state index in [1.54, 1.807) is 27.5 Å². The predicted octanol–water partition coefficient (Wildman–Crippen LogP) is 4.12. The van der Waals surface area contributed by atoms with E-state index in [4.69, 9.17) is 14.2 Å². The number of pyridine rings is 1. The van der Waals surface area contributed by atoms with Gasteiger partial charge in [0, 0.05) is 31.9 Å². The Morgan fingerprint density at radius 1 is 1.10 bits per heavy atom. The molecule has 0 spiro atoms. The van der Waals surface area contributed by atoms with Gasteiger partial charge >= 0.3 is 0 Å². The van der Waals surface area contributed by atoms with Crippen LogP contribution in [0.4, 0.5) is 0 Å². The molecule has 1 aliphatic rings. The molecular formula is C21H29IN4O3. The van der Waals surface area contributed by atoms with Gasteiger partial charge in [0.2, 0.25) is 11.6 Å². The van der Waals surface area contributed by atoms with Gasteiger partial charge in [0.25, 0.3) is 0 Å². The first kappa shape index (κ1) is 23.1. The zero-order valence-corrected chi connectivity index (χ0v) is 19.4. The molecule has 3 rings (SSSR count). The number of methoxy groups -OCH3 is 2. The standard InChI is InChI=1S/C21H28N4O3.HI/c1-22-21(25-16-7-4-5-8-16)24-14-15-11-12-19(23-13-15)28-20-17(26-2)9-6-10-18(20)27-3;/h6,9-13,16H,4-5,7-8,14H2,1-3H3,(H2,22,24,25);1H. The number of rotatable bonds is 7. The number of para-hydroxylation sites is 1. The Kier molecular flexibility index (Phi) is 9.30. The van der Waals surface area contributed by atoms with E-state index in [0.717, 1.165) is 11.5 Å². The Morgan fingerprint density at radius 3 is 2.34 bits per heavy atom. The highest BCUT2D eigenvalue weighted by Crippen LogP contribution is 2.39. The van der Waals surface area contributed by atoms with E-state index in [9.17, 15) is 0 Å². The molecule has 1 aromatic heterocycles. The average molecular weight is 512 g/mol. The van der Waals surface area contributed by atoms with Crippen LogP contribution >= 0.6 is 24.0 Å². The Labute approximate surface area is 189 Å². The van der Waals surface area contributed by atoms with E-state index < -0.39 is 0 Å². The van der Waals surface area contributed by atoms with Crippen LogP contribution in [0, 0.1) is 0 Å². The molecule has 7 nitrogen and oxygen atoms in total. The van der Waals surface area contributed by atoms with Gasteiger partial charge in [0.1, 0.15) is 0 Å². The third-order valence-electron chi connectivity index (χ3n) is 4.77. The first-order chi connectivity index (χ1) is 13.7. The minimum absolute atomic E-state index is 0. The number of nitrogens with one attached hydrogen (secondary N) is 2. The Balaban J connectivity index is 0.00000300. The molecule has 1 fully saturated rings. The maximum atomic E-state index is 5.90. The van der Waals surface area contributed by atoms with Gasteiger partial charge in [-0.25, -0.2) is 4.98 Å². The molecule has 0 amide bonds. The van der Waals surface area contributed by atoms with Gasteiger partial charge in [-0.05, 0) is 30.5 Å². The van der Waals surface area contributed by atoms with Crippen LogP contribution in [-0.2, 0) is 6.54 Å². The largest absolute Gasteiger partial charge is 0.493 e. The summed E-state index contributed by atoms with van der Waals surface area (Å²) < 4.78 is 16.6. The molecule has 1 aromatic carbocycles. The molecule has 0 aliphatic heterocycles. The minimum atomic E-state index is 0. The summed E-state index contributed by atoms with van der Waals surface area (Å²) in [4.78, 5) is 8.70. The van der Waals surface area contributed by atoms with E-state index in [1.807, 2.05) is 30.3 Å². The molecule has 158 valence electrons. The smallest absolute Gasteiger partial charge is 0.219 e. The van der Waals surface area contributed by atoms with Crippen LogP contribution in [0.2, 0.25) is 0 Å². The molecule has 1 saturated carbocycles. The van der Waals surface area contributed by atoms with Crippen LogP contribution in [-0.4, -0.2) is 38.3 Å². The van der Waals surface area contributed by atoms with Crippen molar-refractivity contribution in [2.24, 2.45) is 4.99 Å². The molecule has 0 saturated heterocycles. The first-order valence-corrected chi connectivity index (χ1v) is 9.54. The summed E-state index contributed by atoms with van der Waals surface area (Å²) in [5, 5.41) is 6.81. The molecule has 29 heavy (non-hydrogen) atoms. The number of halogens is 1. The Hall–Kier alpha value is -2.23. The number of nitrogens with zero attached hydrogens (tertiary/aromatic N) is 2. The zero-order chi connectivity index (χ0) is 19.8. The fourth-order valence-corrected chi connectivity index (χ4v) is 3.24. The normalized spacial score (nSPS) is 14.1. The summed E-state index contributed by atoms with van der Waals surface area (Å²) in [5.41, 5.74) is 1.04. The fraction of sp³-hybridized carbons (Fsp3) is 0.429. The molecular weight excluding hydrogens is 483 g/mol. The van der Waals surface area contributed by atoms with Crippen molar-refractivity contribution in [3.63, 3.8) is 0 Å². The molecule has 0 atom stereocenters.